The summed E-state index contributed by atoms with van der Waals surface area (Å²) in [4.78, 5) is 23.8. The van der Waals surface area contributed by atoms with Crippen molar-refractivity contribution in [1.82, 2.24) is 20.4 Å². The minimum absolute atomic E-state index is 0.135. The number of carbonyl (C=O) groups is 2. The first kappa shape index (κ1) is 13.2. The maximum Gasteiger partial charge on any atom is 0.305 e. The van der Waals surface area contributed by atoms with Gasteiger partial charge in [0.2, 0.25) is 0 Å². The van der Waals surface area contributed by atoms with E-state index in [0.717, 1.165) is 11.5 Å². The van der Waals surface area contributed by atoms with E-state index in [4.69, 9.17) is 4.42 Å². The first-order chi connectivity index (χ1) is 9.11. The number of nitrogens with one attached hydrogen (secondary N) is 2. The van der Waals surface area contributed by atoms with Crippen LogP contribution in [0.25, 0.3) is 0 Å². The van der Waals surface area contributed by atoms with Gasteiger partial charge in [0.1, 0.15) is 10.6 Å². The zero-order valence-electron chi connectivity index (χ0n) is 10.4. The van der Waals surface area contributed by atoms with Gasteiger partial charge in [-0.1, -0.05) is 11.4 Å². The van der Waals surface area contributed by atoms with Crippen molar-refractivity contribution in [3.05, 3.63) is 34.2 Å². The molecule has 0 aliphatic carbocycles. The van der Waals surface area contributed by atoms with Crippen LogP contribution in [0.5, 0.6) is 0 Å². The highest BCUT2D eigenvalue weighted by molar-refractivity contribution is 7.08. The molecule has 2 amide bonds. The van der Waals surface area contributed by atoms with Crippen molar-refractivity contribution < 1.29 is 14.0 Å². The lowest BCUT2D eigenvalue weighted by molar-refractivity contribution is 0.0831. The Balaban J connectivity index is 1.96. The standard InChI is InChI=1S/C11H12N4O3S/c1-3-7-9(19-15-12-7)11(17)14-13-10(16)8-5-4-6(2)18-8/h4-5H,3H2,1-2H3,(H,13,16)(H,14,17). The zero-order chi connectivity index (χ0) is 13.8. The van der Waals surface area contributed by atoms with Gasteiger partial charge in [0.05, 0.1) is 5.69 Å². The summed E-state index contributed by atoms with van der Waals surface area (Å²) in [6.07, 6.45) is 0.602. The van der Waals surface area contributed by atoms with E-state index in [0.29, 0.717) is 22.8 Å². The fraction of sp³-hybridized carbons (Fsp3) is 0.273. The van der Waals surface area contributed by atoms with Crippen LogP contribution in [0, 0.1) is 6.92 Å². The second-order valence-electron chi connectivity index (χ2n) is 3.72. The Labute approximate surface area is 113 Å². The van der Waals surface area contributed by atoms with E-state index in [-0.39, 0.29) is 5.76 Å². The van der Waals surface area contributed by atoms with Crippen LogP contribution in [0.1, 0.15) is 38.6 Å². The predicted octanol–water partition coefficient (Wildman–Crippen LogP) is 1.08. The van der Waals surface area contributed by atoms with Crippen molar-refractivity contribution in [3.63, 3.8) is 0 Å². The number of aryl methyl sites for hydroxylation is 2. The van der Waals surface area contributed by atoms with Crippen LogP contribution in [0.2, 0.25) is 0 Å². The number of carbonyl (C=O) groups excluding carboxylic acids is 2. The quantitative estimate of drug-likeness (QED) is 0.820. The largest absolute Gasteiger partial charge is 0.456 e. The Morgan fingerprint density at radius 1 is 1.32 bits per heavy atom. The molecule has 7 nitrogen and oxygen atoms in total. The molecule has 2 aromatic rings. The van der Waals surface area contributed by atoms with Crippen molar-refractivity contribution in [3.8, 4) is 0 Å². The van der Waals surface area contributed by atoms with Crippen LogP contribution in [0.4, 0.5) is 0 Å². The Kier molecular flexibility index (Phi) is 3.91. The average Bonchev–Trinajstić information content (AvgIpc) is 3.03. The molecule has 0 fully saturated rings. The number of amides is 2. The van der Waals surface area contributed by atoms with Gasteiger partial charge in [0, 0.05) is 0 Å². The third-order valence-corrected chi connectivity index (χ3v) is 3.12. The van der Waals surface area contributed by atoms with Crippen molar-refractivity contribution in [1.29, 1.82) is 0 Å². The molecule has 0 saturated heterocycles. The maximum atomic E-state index is 11.8. The Morgan fingerprint density at radius 2 is 2.05 bits per heavy atom. The van der Waals surface area contributed by atoms with Gasteiger partial charge in [-0.2, -0.15) is 0 Å². The predicted molar refractivity (Wildman–Crippen MR) is 67.7 cm³/mol. The van der Waals surface area contributed by atoms with Gasteiger partial charge in [0.15, 0.2) is 5.76 Å². The summed E-state index contributed by atoms with van der Waals surface area (Å²) in [6, 6.07) is 3.20. The minimum Gasteiger partial charge on any atom is -0.456 e. The summed E-state index contributed by atoms with van der Waals surface area (Å²) in [6.45, 7) is 3.60. The van der Waals surface area contributed by atoms with E-state index in [1.165, 1.54) is 6.07 Å². The van der Waals surface area contributed by atoms with Crippen LogP contribution in [0.3, 0.4) is 0 Å². The van der Waals surface area contributed by atoms with E-state index in [9.17, 15) is 9.59 Å². The van der Waals surface area contributed by atoms with E-state index < -0.39 is 11.8 Å². The molecule has 2 heterocycles. The molecule has 2 N–H and O–H groups in total. The lowest BCUT2D eigenvalue weighted by Crippen LogP contribution is -2.41. The first-order valence-electron chi connectivity index (χ1n) is 5.60. The van der Waals surface area contributed by atoms with Gasteiger partial charge in [-0.05, 0) is 37.0 Å². The Morgan fingerprint density at radius 3 is 2.68 bits per heavy atom. The summed E-state index contributed by atoms with van der Waals surface area (Å²) in [7, 11) is 0. The van der Waals surface area contributed by atoms with E-state index in [2.05, 4.69) is 20.4 Å². The highest BCUT2D eigenvalue weighted by Gasteiger charge is 2.16. The van der Waals surface area contributed by atoms with Crippen LogP contribution in [-0.2, 0) is 6.42 Å². The minimum atomic E-state index is -0.517. The normalized spacial score (nSPS) is 10.2. The molecule has 0 unspecified atom stereocenters. The molecule has 0 aliphatic heterocycles. The number of rotatable bonds is 3. The molecular weight excluding hydrogens is 268 g/mol. The smallest absolute Gasteiger partial charge is 0.305 e. The Bertz CT molecular complexity index is 605. The van der Waals surface area contributed by atoms with Crippen molar-refractivity contribution in [2.75, 3.05) is 0 Å². The molecule has 0 atom stereocenters. The van der Waals surface area contributed by atoms with Gasteiger partial charge < -0.3 is 4.42 Å². The molecule has 0 radical (unpaired) electrons. The molecule has 100 valence electrons. The third-order valence-electron chi connectivity index (χ3n) is 2.35. The van der Waals surface area contributed by atoms with Crippen molar-refractivity contribution >= 4 is 23.3 Å². The van der Waals surface area contributed by atoms with Crippen LogP contribution < -0.4 is 10.9 Å². The molecule has 0 spiro atoms. The molecule has 0 aliphatic rings. The third kappa shape index (κ3) is 2.97. The van der Waals surface area contributed by atoms with Crippen molar-refractivity contribution in [2.45, 2.75) is 20.3 Å². The maximum absolute atomic E-state index is 11.8. The molecule has 19 heavy (non-hydrogen) atoms. The number of aromatic nitrogens is 2. The monoisotopic (exact) mass is 280 g/mol. The molecular formula is C11H12N4O3S. The van der Waals surface area contributed by atoms with Crippen LogP contribution >= 0.6 is 11.5 Å². The summed E-state index contributed by atoms with van der Waals surface area (Å²) in [5, 5.41) is 3.82. The van der Waals surface area contributed by atoms with Crippen LogP contribution in [0.15, 0.2) is 16.5 Å². The number of hydrogen-bond acceptors (Lipinski definition) is 6. The summed E-state index contributed by atoms with van der Waals surface area (Å²) in [5.41, 5.74) is 5.17. The molecule has 2 rings (SSSR count). The summed E-state index contributed by atoms with van der Waals surface area (Å²) in [5.74, 6) is -0.201. The molecule has 0 saturated carbocycles. The molecule has 0 aromatic carbocycles. The zero-order valence-corrected chi connectivity index (χ0v) is 11.2. The molecule has 8 heteroatoms. The van der Waals surface area contributed by atoms with E-state index in [1.54, 1.807) is 13.0 Å². The summed E-state index contributed by atoms with van der Waals surface area (Å²) < 4.78 is 8.83. The molecule has 0 bridgehead atoms. The lowest BCUT2D eigenvalue weighted by atomic mass is 10.3. The topological polar surface area (TPSA) is 97.1 Å². The highest BCUT2D eigenvalue weighted by atomic mass is 32.1. The number of nitrogens with zero attached hydrogens (tertiary/aromatic N) is 2. The van der Waals surface area contributed by atoms with E-state index >= 15 is 0 Å². The fourth-order valence-corrected chi connectivity index (χ4v) is 2.05. The second kappa shape index (κ2) is 5.61. The van der Waals surface area contributed by atoms with E-state index in [1.807, 2.05) is 6.92 Å². The van der Waals surface area contributed by atoms with Crippen LogP contribution in [-0.4, -0.2) is 21.4 Å². The Hall–Kier alpha value is -2.22. The van der Waals surface area contributed by atoms with Crippen molar-refractivity contribution in [2.24, 2.45) is 0 Å². The number of furan rings is 1. The second-order valence-corrected chi connectivity index (χ2v) is 4.47. The SMILES string of the molecule is CCc1nnsc1C(=O)NNC(=O)c1ccc(C)o1. The lowest BCUT2D eigenvalue weighted by Gasteiger charge is -2.04. The number of hydrazine groups is 1. The summed E-state index contributed by atoms with van der Waals surface area (Å²) >= 11 is 0.986. The highest BCUT2D eigenvalue weighted by Crippen LogP contribution is 2.10. The van der Waals surface area contributed by atoms with Gasteiger partial charge in [-0.25, -0.2) is 0 Å². The fourth-order valence-electron chi connectivity index (χ4n) is 1.40. The van der Waals surface area contributed by atoms with Gasteiger partial charge in [0.25, 0.3) is 5.91 Å². The van der Waals surface area contributed by atoms with Gasteiger partial charge in [-0.15, -0.1) is 5.10 Å². The average molecular weight is 280 g/mol. The van der Waals surface area contributed by atoms with Gasteiger partial charge >= 0.3 is 5.91 Å². The first-order valence-corrected chi connectivity index (χ1v) is 6.37. The van der Waals surface area contributed by atoms with Gasteiger partial charge in [-0.3, -0.25) is 20.4 Å². The molecule has 2 aromatic heterocycles. The number of hydrogen-bond donors (Lipinski definition) is 2.